The Hall–Kier alpha value is -4.01. The number of fused-ring (bicyclic) bond motifs is 1. The summed E-state index contributed by atoms with van der Waals surface area (Å²) in [5, 5.41) is 4.96. The van der Waals surface area contributed by atoms with Gasteiger partial charge in [0.1, 0.15) is 23.4 Å². The van der Waals surface area contributed by atoms with Crippen molar-refractivity contribution in [3.05, 3.63) is 71.1 Å². The number of rotatable bonds is 6. The molecule has 1 aromatic carbocycles. The number of amides is 2. The molecule has 0 aliphatic heterocycles. The summed E-state index contributed by atoms with van der Waals surface area (Å²) < 4.78 is 21.3. The van der Waals surface area contributed by atoms with Gasteiger partial charge in [-0.05, 0) is 57.5 Å². The lowest BCUT2D eigenvalue weighted by molar-refractivity contribution is -0.122. The van der Waals surface area contributed by atoms with Crippen molar-refractivity contribution in [2.75, 3.05) is 7.05 Å². The lowest BCUT2D eigenvalue weighted by atomic mass is 10.0. The third kappa shape index (κ3) is 4.05. The molecule has 4 aromatic rings. The van der Waals surface area contributed by atoms with Crippen molar-refractivity contribution in [1.82, 2.24) is 19.7 Å². The molecule has 3 aromatic heterocycles. The lowest BCUT2D eigenvalue weighted by Gasteiger charge is -2.26. The second-order valence-corrected chi connectivity index (χ2v) is 8.58. The van der Waals surface area contributed by atoms with Gasteiger partial charge in [-0.15, -0.1) is 0 Å². The molecule has 176 valence electrons. The number of halogens is 1. The molecule has 0 fully saturated rings. The lowest BCUT2D eigenvalue weighted by Crippen LogP contribution is -2.39. The molecule has 0 aliphatic carbocycles. The van der Waals surface area contributed by atoms with E-state index in [1.807, 2.05) is 33.8 Å². The number of likely N-dealkylation sites (N-methyl/N-ethyl adjacent to an activating group) is 1. The number of furan rings is 1. The second-order valence-electron chi connectivity index (χ2n) is 8.58. The third-order valence-electron chi connectivity index (χ3n) is 5.74. The second kappa shape index (κ2) is 8.74. The van der Waals surface area contributed by atoms with Crippen LogP contribution in [0, 0.1) is 19.7 Å². The van der Waals surface area contributed by atoms with E-state index in [-0.39, 0.29) is 11.6 Å². The van der Waals surface area contributed by atoms with Crippen molar-refractivity contribution in [2.45, 2.75) is 39.8 Å². The molecule has 2 amide bonds. The monoisotopic (exact) mass is 463 g/mol. The number of nitrogens with two attached hydrogens (primary N) is 1. The Morgan fingerprint density at radius 1 is 1.18 bits per heavy atom. The van der Waals surface area contributed by atoms with E-state index in [1.54, 1.807) is 23.0 Å². The van der Waals surface area contributed by atoms with Crippen molar-refractivity contribution in [3.63, 3.8) is 0 Å². The molecule has 0 bridgehead atoms. The number of aromatic nitrogens is 3. The van der Waals surface area contributed by atoms with Crippen LogP contribution in [0.25, 0.3) is 22.3 Å². The van der Waals surface area contributed by atoms with E-state index in [2.05, 4.69) is 5.10 Å². The van der Waals surface area contributed by atoms with Gasteiger partial charge in [-0.2, -0.15) is 5.10 Å². The maximum absolute atomic E-state index is 13.9. The fourth-order valence-corrected chi connectivity index (χ4v) is 4.16. The predicted octanol–water partition coefficient (Wildman–Crippen LogP) is 4.33. The van der Waals surface area contributed by atoms with E-state index >= 15 is 0 Å². The van der Waals surface area contributed by atoms with E-state index in [0.717, 1.165) is 11.3 Å². The molecule has 0 radical (unpaired) electrons. The summed E-state index contributed by atoms with van der Waals surface area (Å²) in [5.74, 6) is -0.380. The number of nitrogens with zero attached hydrogens (tertiary/aromatic N) is 4. The Kier molecular flexibility index (Phi) is 5.95. The number of carbonyl (C=O) groups excluding carboxylic acids is 2. The topological polar surface area (TPSA) is 107 Å². The standard InChI is InChI=1S/C25H26FN5O3/c1-13(2)31-24-20(12-28-31)19(11-21(29-24)18-9-14(3)34-15(18)4)25(33)30(5)22(23(27)32)16-7-6-8-17(26)10-16/h6-13,22H,1-5H3,(H2,27,32). The van der Waals surface area contributed by atoms with E-state index in [0.29, 0.717) is 28.1 Å². The van der Waals surface area contributed by atoms with Crippen LogP contribution in [0.1, 0.15) is 53.4 Å². The number of benzene rings is 1. The Labute approximate surface area is 196 Å². The molecule has 0 aliphatic rings. The maximum Gasteiger partial charge on any atom is 0.255 e. The van der Waals surface area contributed by atoms with E-state index < -0.39 is 23.7 Å². The van der Waals surface area contributed by atoms with Crippen LogP contribution in [0.4, 0.5) is 4.39 Å². The zero-order valence-corrected chi connectivity index (χ0v) is 19.7. The highest BCUT2D eigenvalue weighted by Gasteiger charge is 2.30. The zero-order valence-electron chi connectivity index (χ0n) is 19.7. The van der Waals surface area contributed by atoms with Gasteiger partial charge in [-0.25, -0.2) is 14.1 Å². The number of carbonyl (C=O) groups is 2. The van der Waals surface area contributed by atoms with Gasteiger partial charge in [0.15, 0.2) is 5.65 Å². The molecule has 3 heterocycles. The van der Waals surface area contributed by atoms with Crippen LogP contribution in [-0.2, 0) is 4.79 Å². The van der Waals surface area contributed by atoms with Crippen molar-refractivity contribution in [1.29, 1.82) is 0 Å². The highest BCUT2D eigenvalue weighted by molar-refractivity contribution is 6.07. The summed E-state index contributed by atoms with van der Waals surface area (Å²) in [6.45, 7) is 7.60. The summed E-state index contributed by atoms with van der Waals surface area (Å²) >= 11 is 0. The first-order valence-corrected chi connectivity index (χ1v) is 10.9. The molecule has 8 nitrogen and oxygen atoms in total. The van der Waals surface area contributed by atoms with Gasteiger partial charge < -0.3 is 15.1 Å². The Bertz CT molecular complexity index is 1410. The van der Waals surface area contributed by atoms with Gasteiger partial charge >= 0.3 is 0 Å². The van der Waals surface area contributed by atoms with Gasteiger partial charge in [-0.3, -0.25) is 9.59 Å². The van der Waals surface area contributed by atoms with Crippen LogP contribution in [0.15, 0.2) is 47.0 Å². The predicted molar refractivity (Wildman–Crippen MR) is 126 cm³/mol. The minimum Gasteiger partial charge on any atom is -0.466 e. The number of primary amides is 1. The first kappa shape index (κ1) is 23.2. The molecule has 4 rings (SSSR count). The van der Waals surface area contributed by atoms with Crippen molar-refractivity contribution >= 4 is 22.8 Å². The molecular formula is C25H26FN5O3. The number of hydrogen-bond donors (Lipinski definition) is 1. The third-order valence-corrected chi connectivity index (χ3v) is 5.74. The van der Waals surface area contributed by atoms with Gasteiger partial charge in [0.25, 0.3) is 5.91 Å². The molecule has 1 unspecified atom stereocenters. The van der Waals surface area contributed by atoms with Gasteiger partial charge in [0, 0.05) is 18.7 Å². The van der Waals surface area contributed by atoms with Crippen LogP contribution in [0.5, 0.6) is 0 Å². The average molecular weight is 464 g/mol. The molecule has 0 spiro atoms. The summed E-state index contributed by atoms with van der Waals surface area (Å²) in [6, 6.07) is 7.85. The quantitative estimate of drug-likeness (QED) is 0.458. The fourth-order valence-electron chi connectivity index (χ4n) is 4.16. The highest BCUT2D eigenvalue weighted by Crippen LogP contribution is 2.32. The minimum absolute atomic E-state index is 0.00113. The molecule has 9 heteroatoms. The number of hydrogen-bond acceptors (Lipinski definition) is 5. The van der Waals surface area contributed by atoms with Crippen LogP contribution >= 0.6 is 0 Å². The zero-order chi connectivity index (χ0) is 24.7. The maximum atomic E-state index is 13.9. The average Bonchev–Trinajstić information content (AvgIpc) is 3.34. The molecule has 1 atom stereocenters. The number of aryl methyl sites for hydroxylation is 2. The summed E-state index contributed by atoms with van der Waals surface area (Å²) in [4.78, 5) is 32.1. The fraction of sp³-hybridized carbons (Fsp3) is 0.280. The van der Waals surface area contributed by atoms with Crippen molar-refractivity contribution < 1.29 is 18.4 Å². The summed E-state index contributed by atoms with van der Waals surface area (Å²) in [5.41, 5.74) is 8.05. The SMILES string of the molecule is Cc1cc(-c2cc(C(=O)N(C)C(C(N)=O)c3cccc(F)c3)c3cnn(C(C)C)c3n2)c(C)o1. The van der Waals surface area contributed by atoms with Gasteiger partial charge in [-0.1, -0.05) is 12.1 Å². The van der Waals surface area contributed by atoms with Crippen LogP contribution in [0.3, 0.4) is 0 Å². The van der Waals surface area contributed by atoms with Gasteiger partial charge in [0.05, 0.1) is 22.8 Å². The van der Waals surface area contributed by atoms with Crippen LogP contribution in [0.2, 0.25) is 0 Å². The van der Waals surface area contributed by atoms with E-state index in [9.17, 15) is 14.0 Å². The highest BCUT2D eigenvalue weighted by atomic mass is 19.1. The smallest absolute Gasteiger partial charge is 0.255 e. The normalized spacial score (nSPS) is 12.3. The molecule has 0 saturated carbocycles. The Morgan fingerprint density at radius 2 is 1.91 bits per heavy atom. The largest absolute Gasteiger partial charge is 0.466 e. The van der Waals surface area contributed by atoms with Crippen LogP contribution in [-0.4, -0.2) is 38.5 Å². The van der Waals surface area contributed by atoms with Gasteiger partial charge in [0.2, 0.25) is 5.91 Å². The van der Waals surface area contributed by atoms with Crippen molar-refractivity contribution in [2.24, 2.45) is 5.73 Å². The Balaban J connectivity index is 1.89. The minimum atomic E-state index is -1.16. The van der Waals surface area contributed by atoms with E-state index in [4.69, 9.17) is 15.1 Å². The van der Waals surface area contributed by atoms with E-state index in [1.165, 1.54) is 30.1 Å². The summed E-state index contributed by atoms with van der Waals surface area (Å²) in [6.07, 6.45) is 1.59. The number of pyridine rings is 1. The van der Waals surface area contributed by atoms with Crippen LogP contribution < -0.4 is 5.73 Å². The summed E-state index contributed by atoms with van der Waals surface area (Å²) in [7, 11) is 1.47. The Morgan fingerprint density at radius 3 is 2.50 bits per heavy atom. The first-order chi connectivity index (χ1) is 16.1. The molecule has 0 saturated heterocycles. The van der Waals surface area contributed by atoms with Crippen molar-refractivity contribution in [3.8, 4) is 11.3 Å². The first-order valence-electron chi connectivity index (χ1n) is 10.9. The molecule has 34 heavy (non-hydrogen) atoms. The molecule has 2 N–H and O–H groups in total. The molecular weight excluding hydrogens is 437 g/mol.